The van der Waals surface area contributed by atoms with E-state index in [1.807, 2.05) is 42.5 Å². The van der Waals surface area contributed by atoms with E-state index in [2.05, 4.69) is 51.9 Å². The van der Waals surface area contributed by atoms with Crippen LogP contribution in [0, 0.1) is 0 Å². The number of carboxylic acid groups (broad SMARTS) is 1. The molecular formula is C33H37N3O5. The molecule has 0 saturated carbocycles. The number of amides is 2. The molecular weight excluding hydrogens is 518 g/mol. The van der Waals surface area contributed by atoms with E-state index in [4.69, 9.17) is 4.74 Å². The summed E-state index contributed by atoms with van der Waals surface area (Å²) in [4.78, 5) is 39.6. The third kappa shape index (κ3) is 6.95. The van der Waals surface area contributed by atoms with E-state index < -0.39 is 23.6 Å². The fourth-order valence-electron chi connectivity index (χ4n) is 6.13. The molecule has 1 saturated heterocycles. The Bertz CT molecular complexity index is 1340. The summed E-state index contributed by atoms with van der Waals surface area (Å²) >= 11 is 0. The zero-order chi connectivity index (χ0) is 28.8. The smallest absolute Gasteiger partial charge is 0.407 e. The van der Waals surface area contributed by atoms with Crippen molar-refractivity contribution in [1.29, 1.82) is 0 Å². The van der Waals surface area contributed by atoms with Crippen LogP contribution in [0.4, 0.5) is 4.79 Å². The first-order valence-electron chi connectivity index (χ1n) is 14.2. The molecule has 1 heterocycles. The van der Waals surface area contributed by atoms with Gasteiger partial charge in [0.15, 0.2) is 0 Å². The summed E-state index contributed by atoms with van der Waals surface area (Å²) in [5.41, 5.74) is 4.97. The first-order valence-corrected chi connectivity index (χ1v) is 14.2. The standard InChI is InChI=1S/C33H37N3O5/c1-23(34-32(40)41-22-29-27-13-7-5-11-25(27)26-12-6-8-14-28(26)29)19-30(37)35-33(20-31(38)39)15-17-36(18-16-33)21-24-9-3-2-4-10-24/h2-14,23,29H,15-22H2,1H3,(H,34,40)(H,35,37)(H,38,39). The number of likely N-dealkylation sites (tertiary alicyclic amines) is 1. The second kappa shape index (κ2) is 12.6. The van der Waals surface area contributed by atoms with Crippen molar-refractivity contribution in [1.82, 2.24) is 15.5 Å². The summed E-state index contributed by atoms with van der Waals surface area (Å²) in [6, 6.07) is 25.9. The van der Waals surface area contributed by atoms with E-state index in [-0.39, 0.29) is 31.3 Å². The first kappa shape index (κ1) is 28.4. The van der Waals surface area contributed by atoms with Gasteiger partial charge in [-0.25, -0.2) is 4.79 Å². The van der Waals surface area contributed by atoms with Crippen LogP contribution in [0.5, 0.6) is 0 Å². The number of alkyl carbamates (subject to hydrolysis) is 1. The molecule has 3 aromatic rings. The second-order valence-corrected chi connectivity index (χ2v) is 11.2. The van der Waals surface area contributed by atoms with E-state index in [1.54, 1.807) is 6.92 Å². The highest BCUT2D eigenvalue weighted by Crippen LogP contribution is 2.44. The monoisotopic (exact) mass is 555 g/mol. The van der Waals surface area contributed by atoms with Crippen molar-refractivity contribution < 1.29 is 24.2 Å². The Morgan fingerprint density at radius 1 is 0.927 bits per heavy atom. The second-order valence-electron chi connectivity index (χ2n) is 11.2. The molecule has 3 N–H and O–H groups in total. The maximum absolute atomic E-state index is 13.0. The lowest BCUT2D eigenvalue weighted by atomic mass is 9.83. The fourth-order valence-corrected chi connectivity index (χ4v) is 6.13. The van der Waals surface area contributed by atoms with Gasteiger partial charge in [0.05, 0.1) is 12.0 Å². The number of hydrogen-bond acceptors (Lipinski definition) is 5. The van der Waals surface area contributed by atoms with E-state index in [0.717, 1.165) is 28.8 Å². The molecule has 3 aromatic carbocycles. The summed E-state index contributed by atoms with van der Waals surface area (Å²) in [7, 11) is 0. The zero-order valence-corrected chi connectivity index (χ0v) is 23.3. The number of nitrogens with zero attached hydrogens (tertiary/aromatic N) is 1. The highest BCUT2D eigenvalue weighted by Gasteiger charge is 2.38. The average Bonchev–Trinajstić information content (AvgIpc) is 3.27. The molecule has 2 amide bonds. The number of benzene rings is 3. The minimum atomic E-state index is -0.938. The van der Waals surface area contributed by atoms with Gasteiger partial charge in [-0.3, -0.25) is 14.5 Å². The number of carbonyl (C=O) groups excluding carboxylic acids is 2. The van der Waals surface area contributed by atoms with Crippen molar-refractivity contribution >= 4 is 18.0 Å². The van der Waals surface area contributed by atoms with Crippen LogP contribution in [0.3, 0.4) is 0 Å². The molecule has 0 spiro atoms. The molecule has 0 bridgehead atoms. The van der Waals surface area contributed by atoms with Gasteiger partial charge in [0.2, 0.25) is 5.91 Å². The molecule has 0 aromatic heterocycles. The number of fused-ring (bicyclic) bond motifs is 3. The fraction of sp³-hybridized carbons (Fsp3) is 0.364. The van der Waals surface area contributed by atoms with Crippen molar-refractivity contribution in [3.63, 3.8) is 0 Å². The summed E-state index contributed by atoms with van der Waals surface area (Å²) in [6.45, 7) is 4.11. The number of hydrogen-bond donors (Lipinski definition) is 3. The minimum absolute atomic E-state index is 0.0271. The Balaban J connectivity index is 1.11. The summed E-state index contributed by atoms with van der Waals surface area (Å²) in [5, 5.41) is 15.4. The Morgan fingerprint density at radius 2 is 1.51 bits per heavy atom. The van der Waals surface area contributed by atoms with Crippen molar-refractivity contribution in [2.45, 2.75) is 56.7 Å². The quantitative estimate of drug-likeness (QED) is 0.328. The number of piperidine rings is 1. The Kier molecular flexibility index (Phi) is 8.69. The van der Waals surface area contributed by atoms with Crippen LogP contribution < -0.4 is 10.6 Å². The molecule has 1 unspecified atom stereocenters. The maximum atomic E-state index is 13.0. The Labute approximate surface area is 240 Å². The van der Waals surface area contributed by atoms with Gasteiger partial charge >= 0.3 is 12.1 Å². The average molecular weight is 556 g/mol. The molecule has 1 aliphatic heterocycles. The number of rotatable bonds is 10. The molecule has 214 valence electrons. The zero-order valence-electron chi connectivity index (χ0n) is 23.3. The molecule has 8 nitrogen and oxygen atoms in total. The topological polar surface area (TPSA) is 108 Å². The Morgan fingerprint density at radius 3 is 2.12 bits per heavy atom. The lowest BCUT2D eigenvalue weighted by molar-refractivity contribution is -0.140. The molecule has 1 atom stereocenters. The highest BCUT2D eigenvalue weighted by atomic mass is 16.5. The number of aliphatic carboxylic acids is 1. The van der Waals surface area contributed by atoms with Crippen molar-refractivity contribution in [3.05, 3.63) is 95.6 Å². The van der Waals surface area contributed by atoms with Crippen LogP contribution in [0.15, 0.2) is 78.9 Å². The third-order valence-corrected chi connectivity index (χ3v) is 8.16. The predicted octanol–water partition coefficient (Wildman–Crippen LogP) is 4.93. The van der Waals surface area contributed by atoms with Crippen LogP contribution in [-0.4, -0.2) is 59.3 Å². The molecule has 5 rings (SSSR count). The van der Waals surface area contributed by atoms with Crippen LogP contribution in [0.2, 0.25) is 0 Å². The molecule has 1 fully saturated rings. The number of ether oxygens (including phenoxy) is 1. The van der Waals surface area contributed by atoms with Gasteiger partial charge in [-0.1, -0.05) is 78.9 Å². The summed E-state index contributed by atoms with van der Waals surface area (Å²) < 4.78 is 5.61. The molecule has 41 heavy (non-hydrogen) atoms. The van der Waals surface area contributed by atoms with Gasteiger partial charge in [0.1, 0.15) is 6.61 Å². The van der Waals surface area contributed by atoms with Crippen LogP contribution in [0.25, 0.3) is 11.1 Å². The normalized spacial score (nSPS) is 16.7. The lowest BCUT2D eigenvalue weighted by Crippen LogP contribution is -2.56. The Hall–Kier alpha value is -4.17. The van der Waals surface area contributed by atoms with E-state index in [1.165, 1.54) is 5.56 Å². The van der Waals surface area contributed by atoms with E-state index in [0.29, 0.717) is 25.9 Å². The van der Waals surface area contributed by atoms with Crippen LogP contribution in [0.1, 0.15) is 55.2 Å². The maximum Gasteiger partial charge on any atom is 0.407 e. The molecule has 1 aliphatic carbocycles. The van der Waals surface area contributed by atoms with Crippen molar-refractivity contribution in [3.8, 4) is 11.1 Å². The molecule has 0 radical (unpaired) electrons. The summed E-state index contributed by atoms with van der Waals surface area (Å²) in [6.07, 6.45) is 0.408. The van der Waals surface area contributed by atoms with Gasteiger partial charge in [0.25, 0.3) is 0 Å². The highest BCUT2D eigenvalue weighted by molar-refractivity contribution is 5.80. The largest absolute Gasteiger partial charge is 0.481 e. The first-order chi connectivity index (χ1) is 19.8. The van der Waals surface area contributed by atoms with Crippen molar-refractivity contribution in [2.75, 3.05) is 19.7 Å². The van der Waals surface area contributed by atoms with E-state index in [9.17, 15) is 19.5 Å². The van der Waals surface area contributed by atoms with Gasteiger partial charge in [-0.15, -0.1) is 0 Å². The van der Waals surface area contributed by atoms with E-state index >= 15 is 0 Å². The van der Waals surface area contributed by atoms with Crippen molar-refractivity contribution in [2.24, 2.45) is 0 Å². The summed E-state index contributed by atoms with van der Waals surface area (Å²) in [5.74, 6) is -1.27. The number of nitrogens with one attached hydrogen (secondary N) is 2. The van der Waals surface area contributed by atoms with Gasteiger partial charge < -0.3 is 20.5 Å². The third-order valence-electron chi connectivity index (χ3n) is 8.16. The van der Waals surface area contributed by atoms with Gasteiger partial charge in [0, 0.05) is 38.0 Å². The molecule has 8 heteroatoms. The van der Waals surface area contributed by atoms with Gasteiger partial charge in [-0.2, -0.15) is 0 Å². The SMILES string of the molecule is CC(CC(=O)NC1(CC(=O)O)CCN(Cc2ccccc2)CC1)NC(=O)OCC1c2ccccc2-c2ccccc21. The van der Waals surface area contributed by atoms with Crippen LogP contribution in [-0.2, 0) is 20.9 Å². The van der Waals surface area contributed by atoms with Crippen LogP contribution >= 0.6 is 0 Å². The number of carbonyl (C=O) groups is 3. The number of carboxylic acids is 1. The molecule has 2 aliphatic rings. The predicted molar refractivity (Wildman–Crippen MR) is 156 cm³/mol. The lowest BCUT2D eigenvalue weighted by Gasteiger charge is -2.42. The van der Waals surface area contributed by atoms with Gasteiger partial charge in [-0.05, 0) is 47.6 Å². The minimum Gasteiger partial charge on any atom is -0.481 e.